The van der Waals surface area contributed by atoms with Crippen LogP contribution in [0.4, 0.5) is 24.0 Å². The molecule has 112 valence electrons. The standard InChI is InChI=1S/C14H14F3N3S/c15-14(16,17)9-3-5-10(6-4-9)20-7-1-2-12(20)11-8-21-13(18)19-11/h3-6,8,12H,1-2,7H2,(H2,18,19). The van der Waals surface area contributed by atoms with Crippen molar-refractivity contribution in [3.05, 3.63) is 40.9 Å². The van der Waals surface area contributed by atoms with Crippen molar-refractivity contribution in [2.24, 2.45) is 0 Å². The summed E-state index contributed by atoms with van der Waals surface area (Å²) in [6.07, 6.45) is -2.38. The van der Waals surface area contributed by atoms with Crippen molar-refractivity contribution in [1.82, 2.24) is 4.98 Å². The number of thiazole rings is 1. The van der Waals surface area contributed by atoms with Crippen LogP contribution in [-0.2, 0) is 6.18 Å². The molecule has 1 saturated heterocycles. The molecule has 1 aliphatic rings. The van der Waals surface area contributed by atoms with Crippen molar-refractivity contribution >= 4 is 22.2 Å². The zero-order valence-electron chi connectivity index (χ0n) is 11.1. The van der Waals surface area contributed by atoms with Crippen LogP contribution in [0, 0.1) is 0 Å². The maximum Gasteiger partial charge on any atom is 0.416 e. The zero-order chi connectivity index (χ0) is 15.0. The number of benzene rings is 1. The van der Waals surface area contributed by atoms with E-state index in [4.69, 9.17) is 5.73 Å². The molecular formula is C14H14F3N3S. The molecule has 2 heterocycles. The van der Waals surface area contributed by atoms with Gasteiger partial charge >= 0.3 is 6.18 Å². The van der Waals surface area contributed by atoms with Gasteiger partial charge in [0.05, 0.1) is 17.3 Å². The number of anilines is 2. The zero-order valence-corrected chi connectivity index (χ0v) is 11.9. The maximum absolute atomic E-state index is 12.6. The predicted octanol–water partition coefficient (Wildman–Crippen LogP) is 4.09. The van der Waals surface area contributed by atoms with Gasteiger partial charge in [-0.15, -0.1) is 11.3 Å². The van der Waals surface area contributed by atoms with E-state index in [-0.39, 0.29) is 6.04 Å². The normalized spacial score (nSPS) is 19.2. The molecule has 1 aromatic heterocycles. The summed E-state index contributed by atoms with van der Waals surface area (Å²) in [5, 5.41) is 2.44. The van der Waals surface area contributed by atoms with Crippen LogP contribution in [-0.4, -0.2) is 11.5 Å². The van der Waals surface area contributed by atoms with E-state index in [2.05, 4.69) is 9.88 Å². The van der Waals surface area contributed by atoms with Gasteiger partial charge in [-0.2, -0.15) is 13.2 Å². The van der Waals surface area contributed by atoms with Gasteiger partial charge in [-0.25, -0.2) is 4.98 Å². The van der Waals surface area contributed by atoms with Gasteiger partial charge in [-0.1, -0.05) is 0 Å². The summed E-state index contributed by atoms with van der Waals surface area (Å²) in [4.78, 5) is 6.39. The van der Waals surface area contributed by atoms with Gasteiger partial charge in [0.15, 0.2) is 5.13 Å². The van der Waals surface area contributed by atoms with Crippen LogP contribution in [0.15, 0.2) is 29.6 Å². The molecule has 1 aliphatic heterocycles. The molecule has 1 atom stereocenters. The molecule has 2 N–H and O–H groups in total. The summed E-state index contributed by atoms with van der Waals surface area (Å²) in [5.41, 5.74) is 6.72. The fourth-order valence-corrected chi connectivity index (χ4v) is 3.29. The molecule has 1 fully saturated rings. The Kier molecular flexibility index (Phi) is 3.52. The minimum absolute atomic E-state index is 0.0929. The highest BCUT2D eigenvalue weighted by Crippen LogP contribution is 2.38. The second-order valence-electron chi connectivity index (χ2n) is 5.01. The number of alkyl halides is 3. The van der Waals surface area contributed by atoms with E-state index >= 15 is 0 Å². The van der Waals surface area contributed by atoms with E-state index < -0.39 is 11.7 Å². The molecule has 0 saturated carbocycles. The lowest BCUT2D eigenvalue weighted by molar-refractivity contribution is -0.137. The largest absolute Gasteiger partial charge is 0.416 e. The third-order valence-corrected chi connectivity index (χ3v) is 4.35. The first-order valence-electron chi connectivity index (χ1n) is 6.60. The first-order valence-corrected chi connectivity index (χ1v) is 7.48. The Hall–Kier alpha value is -1.76. The topological polar surface area (TPSA) is 42.1 Å². The van der Waals surface area contributed by atoms with E-state index in [1.165, 1.54) is 23.5 Å². The Labute approximate surface area is 124 Å². The molecule has 7 heteroatoms. The molecule has 1 aromatic carbocycles. The van der Waals surface area contributed by atoms with Crippen molar-refractivity contribution in [3.63, 3.8) is 0 Å². The smallest absolute Gasteiger partial charge is 0.375 e. The molecule has 0 radical (unpaired) electrons. The van der Waals surface area contributed by atoms with Crippen molar-refractivity contribution in [3.8, 4) is 0 Å². The average Bonchev–Trinajstić information content (AvgIpc) is 3.06. The van der Waals surface area contributed by atoms with Crippen molar-refractivity contribution < 1.29 is 13.2 Å². The Balaban J connectivity index is 1.85. The van der Waals surface area contributed by atoms with Gasteiger partial charge in [0.1, 0.15) is 0 Å². The summed E-state index contributed by atoms with van der Waals surface area (Å²) in [6.45, 7) is 0.813. The monoisotopic (exact) mass is 313 g/mol. The van der Waals surface area contributed by atoms with Gasteiger partial charge in [0, 0.05) is 17.6 Å². The average molecular weight is 313 g/mol. The molecular weight excluding hydrogens is 299 g/mol. The fraction of sp³-hybridized carbons (Fsp3) is 0.357. The van der Waals surface area contributed by atoms with Crippen LogP contribution in [0.3, 0.4) is 0 Å². The molecule has 0 aliphatic carbocycles. The summed E-state index contributed by atoms with van der Waals surface area (Å²) in [7, 11) is 0. The molecule has 0 bridgehead atoms. The highest BCUT2D eigenvalue weighted by atomic mass is 32.1. The first-order chi connectivity index (χ1) is 9.95. The quantitative estimate of drug-likeness (QED) is 0.908. The summed E-state index contributed by atoms with van der Waals surface area (Å²) in [5.74, 6) is 0. The van der Waals surface area contributed by atoms with Crippen LogP contribution in [0.5, 0.6) is 0 Å². The summed E-state index contributed by atoms with van der Waals surface area (Å²) >= 11 is 1.39. The number of rotatable bonds is 2. The molecule has 0 amide bonds. The third kappa shape index (κ3) is 2.83. The van der Waals surface area contributed by atoms with Gasteiger partial charge in [-0.3, -0.25) is 0 Å². The molecule has 3 nitrogen and oxygen atoms in total. The first kappa shape index (κ1) is 14.2. The van der Waals surface area contributed by atoms with E-state index in [9.17, 15) is 13.2 Å². The van der Waals surface area contributed by atoms with Crippen LogP contribution in [0.1, 0.15) is 30.1 Å². The summed E-state index contributed by atoms with van der Waals surface area (Å²) in [6, 6.07) is 5.39. The molecule has 1 unspecified atom stereocenters. The number of hydrogen-bond acceptors (Lipinski definition) is 4. The van der Waals surface area contributed by atoms with Crippen molar-refractivity contribution in [2.75, 3.05) is 17.2 Å². The number of nitrogens with zero attached hydrogens (tertiary/aromatic N) is 2. The van der Waals surface area contributed by atoms with E-state index in [1.807, 2.05) is 5.38 Å². The maximum atomic E-state index is 12.6. The van der Waals surface area contributed by atoms with E-state index in [0.29, 0.717) is 5.13 Å². The minimum atomic E-state index is -4.30. The molecule has 0 spiro atoms. The molecule has 2 aromatic rings. The highest BCUT2D eigenvalue weighted by molar-refractivity contribution is 7.13. The summed E-state index contributed by atoms with van der Waals surface area (Å²) < 4.78 is 37.8. The van der Waals surface area contributed by atoms with Crippen molar-refractivity contribution in [1.29, 1.82) is 0 Å². The van der Waals surface area contributed by atoms with E-state index in [1.54, 1.807) is 0 Å². The second kappa shape index (κ2) is 5.22. The van der Waals surface area contributed by atoms with Gasteiger partial charge in [0.25, 0.3) is 0 Å². The number of nitrogen functional groups attached to an aromatic ring is 1. The van der Waals surface area contributed by atoms with Crippen LogP contribution < -0.4 is 10.6 Å². The number of nitrogens with two attached hydrogens (primary N) is 1. The number of aromatic nitrogens is 1. The Bertz CT molecular complexity index is 621. The van der Waals surface area contributed by atoms with Gasteiger partial charge < -0.3 is 10.6 Å². The minimum Gasteiger partial charge on any atom is -0.375 e. The third-order valence-electron chi connectivity index (χ3n) is 3.66. The Morgan fingerprint density at radius 1 is 1.24 bits per heavy atom. The van der Waals surface area contributed by atoms with Crippen LogP contribution in [0.2, 0.25) is 0 Å². The lowest BCUT2D eigenvalue weighted by Gasteiger charge is -2.26. The Morgan fingerprint density at radius 2 is 1.95 bits per heavy atom. The van der Waals surface area contributed by atoms with E-state index in [0.717, 1.165) is 42.9 Å². The molecule has 21 heavy (non-hydrogen) atoms. The number of hydrogen-bond donors (Lipinski definition) is 1. The molecule has 3 rings (SSSR count). The highest BCUT2D eigenvalue weighted by Gasteiger charge is 2.32. The van der Waals surface area contributed by atoms with Gasteiger partial charge in [-0.05, 0) is 37.1 Å². The van der Waals surface area contributed by atoms with Gasteiger partial charge in [0.2, 0.25) is 0 Å². The lowest BCUT2D eigenvalue weighted by atomic mass is 10.1. The second-order valence-corrected chi connectivity index (χ2v) is 5.90. The van der Waals surface area contributed by atoms with Crippen LogP contribution >= 0.6 is 11.3 Å². The Morgan fingerprint density at radius 3 is 2.52 bits per heavy atom. The predicted molar refractivity (Wildman–Crippen MR) is 77.3 cm³/mol. The lowest BCUT2D eigenvalue weighted by Crippen LogP contribution is -2.22. The number of halogens is 3. The van der Waals surface area contributed by atoms with Crippen molar-refractivity contribution in [2.45, 2.75) is 25.1 Å². The fourth-order valence-electron chi connectivity index (χ4n) is 2.68. The SMILES string of the molecule is Nc1nc(C2CCCN2c2ccc(C(F)(F)F)cc2)cs1. The van der Waals surface area contributed by atoms with Crippen LogP contribution in [0.25, 0.3) is 0 Å².